The maximum Gasteiger partial charge on any atom is 0.334 e. The fourth-order valence-electron chi connectivity index (χ4n) is 1.51. The summed E-state index contributed by atoms with van der Waals surface area (Å²) in [5, 5.41) is 8.72. The van der Waals surface area contributed by atoms with E-state index >= 15 is 0 Å². The molecule has 0 radical (unpaired) electrons. The first-order valence-corrected chi connectivity index (χ1v) is 5.69. The number of carbonyl (C=O) groups is 1. The smallest absolute Gasteiger partial charge is 0.334 e. The third-order valence-corrected chi connectivity index (χ3v) is 2.41. The van der Waals surface area contributed by atoms with Crippen LogP contribution in [0.25, 0.3) is 0 Å². The van der Waals surface area contributed by atoms with Crippen LogP contribution in [0.2, 0.25) is 0 Å². The second-order valence-electron chi connectivity index (χ2n) is 3.81. The monoisotopic (exact) mass is 234 g/mol. The van der Waals surface area contributed by atoms with Crippen molar-refractivity contribution in [2.24, 2.45) is 0 Å². The molecular formula is C14H18O3. The summed E-state index contributed by atoms with van der Waals surface area (Å²) >= 11 is 0. The lowest BCUT2D eigenvalue weighted by Crippen LogP contribution is -2.24. The molecule has 0 aromatic carbocycles. The van der Waals surface area contributed by atoms with E-state index < -0.39 is 0 Å². The molecule has 0 amide bonds. The van der Waals surface area contributed by atoms with Gasteiger partial charge in [0.25, 0.3) is 0 Å². The van der Waals surface area contributed by atoms with E-state index in [-0.39, 0.29) is 18.7 Å². The average Bonchev–Trinajstić information content (AvgIpc) is 2.31. The van der Waals surface area contributed by atoms with Gasteiger partial charge in [0.15, 0.2) is 0 Å². The van der Waals surface area contributed by atoms with Crippen molar-refractivity contribution in [1.29, 1.82) is 0 Å². The first kappa shape index (κ1) is 13.5. The highest BCUT2D eigenvalue weighted by Gasteiger charge is 2.23. The molecule has 0 aromatic heterocycles. The number of cyclic esters (lactones) is 1. The van der Waals surface area contributed by atoms with Crippen molar-refractivity contribution in [3.05, 3.63) is 48.1 Å². The molecule has 1 N–H and O–H groups in total. The molecule has 0 aromatic rings. The minimum absolute atomic E-state index is 0.0712. The molecule has 0 saturated carbocycles. The van der Waals surface area contributed by atoms with Gasteiger partial charge in [-0.25, -0.2) is 4.79 Å². The number of rotatable bonds is 5. The molecule has 0 fully saturated rings. The minimum Gasteiger partial charge on any atom is -0.450 e. The Bertz CT molecular complexity index is 375. The number of allylic oxidation sites excluding steroid dienone is 3. The molecule has 0 spiro atoms. The first-order valence-electron chi connectivity index (χ1n) is 5.69. The van der Waals surface area contributed by atoms with Gasteiger partial charge in [-0.15, -0.1) is 0 Å². The summed E-state index contributed by atoms with van der Waals surface area (Å²) in [6, 6.07) is 0. The van der Waals surface area contributed by atoms with Gasteiger partial charge in [-0.2, -0.15) is 0 Å². The Balaban J connectivity index is 2.69. The summed E-state index contributed by atoms with van der Waals surface area (Å²) in [4.78, 5) is 11.6. The Labute approximate surface area is 102 Å². The van der Waals surface area contributed by atoms with Gasteiger partial charge in [0.05, 0.1) is 0 Å². The lowest BCUT2D eigenvalue weighted by Gasteiger charge is -2.21. The predicted octanol–water partition coefficient (Wildman–Crippen LogP) is 2.30. The Kier molecular flexibility index (Phi) is 5.43. The zero-order chi connectivity index (χ0) is 12.7. The van der Waals surface area contributed by atoms with Gasteiger partial charge in [-0.05, 0) is 37.5 Å². The van der Waals surface area contributed by atoms with Crippen LogP contribution in [0.3, 0.4) is 0 Å². The fraction of sp³-hybridized carbons (Fsp3) is 0.357. The molecule has 0 saturated heterocycles. The molecule has 0 aliphatic carbocycles. The third kappa shape index (κ3) is 4.04. The van der Waals surface area contributed by atoms with Crippen molar-refractivity contribution in [3.63, 3.8) is 0 Å². The quantitative estimate of drug-likeness (QED) is 0.586. The average molecular weight is 234 g/mol. The van der Waals surface area contributed by atoms with E-state index in [4.69, 9.17) is 9.84 Å². The van der Waals surface area contributed by atoms with Crippen LogP contribution in [0.5, 0.6) is 0 Å². The first-order chi connectivity index (χ1) is 8.19. The Morgan fingerprint density at radius 3 is 2.94 bits per heavy atom. The van der Waals surface area contributed by atoms with Crippen LogP contribution in [0, 0.1) is 0 Å². The number of aliphatic hydroxyl groups excluding tert-OH is 1. The van der Waals surface area contributed by atoms with Crippen molar-refractivity contribution < 1.29 is 14.6 Å². The van der Waals surface area contributed by atoms with Gasteiger partial charge < -0.3 is 9.84 Å². The summed E-state index contributed by atoms with van der Waals surface area (Å²) < 4.78 is 5.25. The van der Waals surface area contributed by atoms with Crippen LogP contribution in [0.1, 0.15) is 19.8 Å². The molecule has 3 heteroatoms. The highest BCUT2D eigenvalue weighted by atomic mass is 16.5. The molecule has 17 heavy (non-hydrogen) atoms. The van der Waals surface area contributed by atoms with Crippen molar-refractivity contribution in [1.82, 2.24) is 0 Å². The molecule has 1 atom stereocenters. The van der Waals surface area contributed by atoms with E-state index in [1.54, 1.807) is 12.2 Å². The van der Waals surface area contributed by atoms with E-state index in [9.17, 15) is 4.79 Å². The fourth-order valence-corrected chi connectivity index (χ4v) is 1.51. The van der Waals surface area contributed by atoms with Gasteiger partial charge in [-0.3, -0.25) is 0 Å². The van der Waals surface area contributed by atoms with Gasteiger partial charge in [0, 0.05) is 12.2 Å². The second-order valence-corrected chi connectivity index (χ2v) is 3.81. The normalized spacial score (nSPS) is 21.1. The minimum atomic E-state index is -0.378. The van der Waals surface area contributed by atoms with Crippen LogP contribution in [-0.4, -0.2) is 23.8 Å². The lowest BCUT2D eigenvalue weighted by molar-refractivity contribution is -0.141. The van der Waals surface area contributed by atoms with Gasteiger partial charge in [0.2, 0.25) is 0 Å². The maximum absolute atomic E-state index is 11.6. The summed E-state index contributed by atoms with van der Waals surface area (Å²) in [7, 11) is 0. The number of hydrogen-bond donors (Lipinski definition) is 1. The summed E-state index contributed by atoms with van der Waals surface area (Å²) in [6.45, 7) is 5.86. The van der Waals surface area contributed by atoms with Gasteiger partial charge >= 0.3 is 5.97 Å². The Hall–Kier alpha value is -1.61. The van der Waals surface area contributed by atoms with E-state index in [0.717, 1.165) is 5.57 Å². The van der Waals surface area contributed by atoms with Crippen LogP contribution < -0.4 is 0 Å². The topological polar surface area (TPSA) is 46.5 Å². The molecule has 92 valence electrons. The maximum atomic E-state index is 11.6. The van der Waals surface area contributed by atoms with Gasteiger partial charge in [-0.1, -0.05) is 24.8 Å². The number of carbonyl (C=O) groups excluding carboxylic acids is 1. The van der Waals surface area contributed by atoms with E-state index in [0.29, 0.717) is 18.4 Å². The second kappa shape index (κ2) is 6.86. The van der Waals surface area contributed by atoms with Crippen molar-refractivity contribution in [2.45, 2.75) is 25.9 Å². The van der Waals surface area contributed by atoms with Crippen LogP contribution >= 0.6 is 0 Å². The number of ether oxygens (including phenoxy) is 1. The molecular weight excluding hydrogens is 216 g/mol. The predicted molar refractivity (Wildman–Crippen MR) is 67.4 cm³/mol. The van der Waals surface area contributed by atoms with Crippen LogP contribution in [0.4, 0.5) is 0 Å². The summed E-state index contributed by atoms with van der Waals surface area (Å²) in [5.41, 5.74) is 1.35. The molecule has 3 nitrogen and oxygen atoms in total. The number of esters is 1. The van der Waals surface area contributed by atoms with E-state index in [2.05, 4.69) is 6.58 Å². The van der Waals surface area contributed by atoms with Crippen molar-refractivity contribution >= 4 is 5.97 Å². The number of hydrogen-bond acceptors (Lipinski definition) is 3. The molecule has 1 aliphatic heterocycles. The van der Waals surface area contributed by atoms with Crippen molar-refractivity contribution in [2.75, 3.05) is 6.61 Å². The molecule has 1 heterocycles. The SMILES string of the molecule is C=C1C=C(CCCO)C(=O)OC1/C=C/C=C/C. The van der Waals surface area contributed by atoms with E-state index in [1.807, 2.05) is 25.2 Å². The van der Waals surface area contributed by atoms with Crippen LogP contribution in [-0.2, 0) is 9.53 Å². The summed E-state index contributed by atoms with van der Waals surface area (Å²) in [6.07, 6.45) is 9.85. The lowest BCUT2D eigenvalue weighted by atomic mass is 10.0. The largest absolute Gasteiger partial charge is 0.450 e. The molecule has 0 bridgehead atoms. The van der Waals surface area contributed by atoms with Crippen molar-refractivity contribution in [3.8, 4) is 0 Å². The number of aliphatic hydroxyl groups is 1. The summed E-state index contributed by atoms with van der Waals surface area (Å²) in [5.74, 6) is -0.319. The highest BCUT2D eigenvalue weighted by molar-refractivity contribution is 5.90. The standard InChI is InChI=1S/C14H18O3/c1-3-4-5-8-13-11(2)10-12(7-6-9-15)14(16)17-13/h3-5,8,10,13,15H,2,6-7,9H2,1H3/b4-3+,8-5+. The van der Waals surface area contributed by atoms with Gasteiger partial charge in [0.1, 0.15) is 6.10 Å². The molecule has 1 rings (SSSR count). The van der Waals surface area contributed by atoms with Crippen LogP contribution in [0.15, 0.2) is 48.1 Å². The Morgan fingerprint density at radius 2 is 2.29 bits per heavy atom. The highest BCUT2D eigenvalue weighted by Crippen LogP contribution is 2.22. The zero-order valence-electron chi connectivity index (χ0n) is 10.1. The van der Waals surface area contributed by atoms with E-state index in [1.165, 1.54) is 0 Å². The Morgan fingerprint density at radius 1 is 1.53 bits per heavy atom. The third-order valence-electron chi connectivity index (χ3n) is 2.41. The zero-order valence-corrected chi connectivity index (χ0v) is 10.1. The molecule has 1 unspecified atom stereocenters. The molecule has 1 aliphatic rings.